The van der Waals surface area contributed by atoms with Crippen molar-refractivity contribution in [1.82, 2.24) is 0 Å². The highest BCUT2D eigenvalue weighted by Crippen LogP contribution is 2.20. The Morgan fingerprint density at radius 2 is 1.88 bits per heavy atom. The van der Waals surface area contributed by atoms with E-state index in [2.05, 4.69) is 0 Å². The van der Waals surface area contributed by atoms with Crippen molar-refractivity contribution >= 4 is 0 Å². The summed E-state index contributed by atoms with van der Waals surface area (Å²) in [6.07, 6.45) is -0.689. The molecule has 1 atom stereocenters. The Balaban J connectivity index is 2.71. The minimum atomic E-state index is -0.689. The highest BCUT2D eigenvalue weighted by atomic mass is 17.2. The van der Waals surface area contributed by atoms with Gasteiger partial charge in [0, 0.05) is 4.92 Å². The monoisotopic (exact) mass is 239 g/mol. The Bertz CT molecular complexity index is 359. The lowest BCUT2D eigenvalue weighted by Crippen LogP contribution is -2.24. The summed E-state index contributed by atoms with van der Waals surface area (Å²) in [6, 6.07) is 9.02. The topological polar surface area (TPSA) is 61.6 Å². The van der Waals surface area contributed by atoms with E-state index in [1.54, 1.807) is 12.1 Å². The molecule has 0 unspecified atom stereocenters. The van der Waals surface area contributed by atoms with E-state index in [0.29, 0.717) is 0 Å². The molecule has 1 aromatic carbocycles. The molecule has 0 bridgehead atoms. The van der Waals surface area contributed by atoms with Gasteiger partial charge < -0.3 is 0 Å². The van der Waals surface area contributed by atoms with E-state index in [9.17, 15) is 10.1 Å². The SMILES string of the molecule is CC(C)(C)OO[C@H](C[N+](=O)[O-])c1ccccc1. The van der Waals surface area contributed by atoms with Crippen molar-refractivity contribution in [3.8, 4) is 0 Å². The van der Waals surface area contributed by atoms with Gasteiger partial charge in [-0.05, 0) is 26.3 Å². The lowest BCUT2D eigenvalue weighted by atomic mass is 10.1. The van der Waals surface area contributed by atoms with Crippen molar-refractivity contribution < 1.29 is 14.7 Å². The van der Waals surface area contributed by atoms with Gasteiger partial charge in [0.2, 0.25) is 6.54 Å². The molecule has 0 N–H and O–H groups in total. The third-order valence-corrected chi connectivity index (χ3v) is 1.90. The molecule has 0 aliphatic heterocycles. The second kappa shape index (κ2) is 5.75. The van der Waals surface area contributed by atoms with E-state index in [1.807, 2.05) is 39.0 Å². The van der Waals surface area contributed by atoms with Crippen LogP contribution < -0.4 is 0 Å². The lowest BCUT2D eigenvalue weighted by Gasteiger charge is -2.21. The second-order valence-electron chi connectivity index (χ2n) is 4.71. The highest BCUT2D eigenvalue weighted by molar-refractivity contribution is 5.17. The van der Waals surface area contributed by atoms with Crippen molar-refractivity contribution in [2.24, 2.45) is 0 Å². The number of benzene rings is 1. The molecular weight excluding hydrogens is 222 g/mol. The first kappa shape index (κ1) is 13.6. The quantitative estimate of drug-likeness (QED) is 0.450. The molecule has 5 heteroatoms. The Morgan fingerprint density at radius 3 is 2.35 bits per heavy atom. The zero-order valence-corrected chi connectivity index (χ0v) is 10.3. The first-order valence-corrected chi connectivity index (χ1v) is 5.40. The van der Waals surface area contributed by atoms with Gasteiger partial charge in [0.25, 0.3) is 0 Å². The molecule has 5 nitrogen and oxygen atoms in total. The molecule has 0 spiro atoms. The number of hydrogen-bond acceptors (Lipinski definition) is 4. The standard InChI is InChI=1S/C12H17NO4/c1-12(2,3)17-16-11(9-13(14)15)10-7-5-4-6-8-10/h4-8,11H,9H2,1-3H3/t11-/m1/s1. The van der Waals surface area contributed by atoms with Gasteiger partial charge in [0.1, 0.15) is 0 Å². The van der Waals surface area contributed by atoms with Crippen LogP contribution in [-0.2, 0) is 9.78 Å². The third-order valence-electron chi connectivity index (χ3n) is 1.90. The maximum atomic E-state index is 10.6. The molecule has 1 aromatic rings. The minimum absolute atomic E-state index is 0.319. The van der Waals surface area contributed by atoms with E-state index in [4.69, 9.17) is 9.78 Å². The van der Waals surface area contributed by atoms with Crippen molar-refractivity contribution in [1.29, 1.82) is 0 Å². The van der Waals surface area contributed by atoms with Crippen LogP contribution >= 0.6 is 0 Å². The van der Waals surface area contributed by atoms with E-state index >= 15 is 0 Å². The molecule has 0 saturated heterocycles. The molecule has 0 aliphatic carbocycles. The van der Waals surface area contributed by atoms with Crippen molar-refractivity contribution in [3.05, 3.63) is 46.0 Å². The van der Waals surface area contributed by atoms with Gasteiger partial charge in [-0.25, -0.2) is 9.78 Å². The average Bonchev–Trinajstić information content (AvgIpc) is 2.24. The van der Waals surface area contributed by atoms with Crippen LogP contribution in [0.25, 0.3) is 0 Å². The summed E-state index contributed by atoms with van der Waals surface area (Å²) in [5, 5.41) is 10.6. The van der Waals surface area contributed by atoms with E-state index in [1.165, 1.54) is 0 Å². The largest absolute Gasteiger partial charge is 0.264 e. The van der Waals surface area contributed by atoms with Crippen LogP contribution in [0.3, 0.4) is 0 Å². The summed E-state index contributed by atoms with van der Waals surface area (Å²) in [7, 11) is 0. The predicted molar refractivity (Wildman–Crippen MR) is 63.0 cm³/mol. The van der Waals surface area contributed by atoms with E-state index in [-0.39, 0.29) is 6.54 Å². The lowest BCUT2D eigenvalue weighted by molar-refractivity contribution is -0.513. The van der Waals surface area contributed by atoms with Crippen molar-refractivity contribution in [2.45, 2.75) is 32.5 Å². The predicted octanol–water partition coefficient (Wildman–Crippen LogP) is 2.75. The van der Waals surface area contributed by atoms with Gasteiger partial charge in [0.05, 0.1) is 5.60 Å². The maximum Gasteiger partial charge on any atom is 0.237 e. The van der Waals surface area contributed by atoms with Gasteiger partial charge in [-0.2, -0.15) is 0 Å². The molecule has 0 saturated carbocycles. The third kappa shape index (κ3) is 5.42. The maximum absolute atomic E-state index is 10.6. The Morgan fingerprint density at radius 1 is 1.29 bits per heavy atom. The Labute approximate surface area is 100 Å². The number of hydrogen-bond donors (Lipinski definition) is 0. The van der Waals surface area contributed by atoms with Crippen LogP contribution in [0.15, 0.2) is 30.3 Å². The first-order chi connectivity index (χ1) is 7.88. The summed E-state index contributed by atoms with van der Waals surface area (Å²) < 4.78 is 0. The van der Waals surface area contributed by atoms with Crippen LogP contribution in [-0.4, -0.2) is 17.1 Å². The summed E-state index contributed by atoms with van der Waals surface area (Å²) in [6.45, 7) is 5.14. The molecule has 0 amide bonds. The fourth-order valence-corrected chi connectivity index (χ4v) is 1.20. The van der Waals surface area contributed by atoms with E-state index < -0.39 is 16.6 Å². The zero-order chi connectivity index (χ0) is 12.9. The highest BCUT2D eigenvalue weighted by Gasteiger charge is 2.22. The van der Waals surface area contributed by atoms with Crippen LogP contribution in [0.1, 0.15) is 32.4 Å². The molecule has 1 rings (SSSR count). The summed E-state index contributed by atoms with van der Waals surface area (Å²) in [5.74, 6) is 0. The number of nitro groups is 1. The summed E-state index contributed by atoms with van der Waals surface area (Å²) >= 11 is 0. The summed E-state index contributed by atoms with van der Waals surface area (Å²) in [5.41, 5.74) is 0.234. The smallest absolute Gasteiger partial charge is 0.237 e. The first-order valence-electron chi connectivity index (χ1n) is 5.40. The Hall–Kier alpha value is -1.46. The molecule has 94 valence electrons. The molecule has 0 aromatic heterocycles. The van der Waals surface area contributed by atoms with Gasteiger partial charge in [0.15, 0.2) is 6.10 Å². The number of nitrogens with zero attached hydrogens (tertiary/aromatic N) is 1. The molecule has 17 heavy (non-hydrogen) atoms. The van der Waals surface area contributed by atoms with Gasteiger partial charge in [-0.3, -0.25) is 10.1 Å². The molecule has 0 fully saturated rings. The Kier molecular flexibility index (Phi) is 4.60. The fourth-order valence-electron chi connectivity index (χ4n) is 1.20. The van der Waals surface area contributed by atoms with Gasteiger partial charge >= 0.3 is 0 Å². The average molecular weight is 239 g/mol. The molecular formula is C12H17NO4. The van der Waals surface area contributed by atoms with Gasteiger partial charge in [-0.15, -0.1) is 0 Å². The van der Waals surface area contributed by atoms with Crippen LogP contribution in [0.5, 0.6) is 0 Å². The number of rotatable bonds is 5. The zero-order valence-electron chi connectivity index (χ0n) is 10.3. The fraction of sp³-hybridized carbons (Fsp3) is 0.500. The normalized spacial score (nSPS) is 13.4. The molecule has 0 aliphatic rings. The van der Waals surface area contributed by atoms with Crippen LogP contribution in [0.4, 0.5) is 0 Å². The molecule has 0 heterocycles. The molecule has 0 radical (unpaired) electrons. The minimum Gasteiger partial charge on any atom is -0.264 e. The van der Waals surface area contributed by atoms with Crippen LogP contribution in [0, 0.1) is 10.1 Å². The van der Waals surface area contributed by atoms with E-state index in [0.717, 1.165) is 5.56 Å². The van der Waals surface area contributed by atoms with Crippen LogP contribution in [0.2, 0.25) is 0 Å². The summed E-state index contributed by atoms with van der Waals surface area (Å²) in [4.78, 5) is 20.5. The van der Waals surface area contributed by atoms with Gasteiger partial charge in [-0.1, -0.05) is 30.3 Å². The van der Waals surface area contributed by atoms with Crippen molar-refractivity contribution in [3.63, 3.8) is 0 Å². The van der Waals surface area contributed by atoms with Crippen molar-refractivity contribution in [2.75, 3.05) is 6.54 Å². The second-order valence-corrected chi connectivity index (χ2v) is 4.71.